The maximum atomic E-state index is 12.3. The second-order valence-corrected chi connectivity index (χ2v) is 6.01. The Morgan fingerprint density at radius 2 is 1.77 bits per heavy atom. The SMILES string of the molecule is CC(=O)OCC(NC(=O)C(N)CC(=O)O)C(=O)NCC(=O)Oc1ccc([N+](=O)[O-])cc1. The third-order valence-corrected chi connectivity index (χ3v) is 3.50. The Bertz CT molecular complexity index is 855. The van der Waals surface area contributed by atoms with E-state index in [0.29, 0.717) is 0 Å². The highest BCUT2D eigenvalue weighted by molar-refractivity contribution is 5.92. The molecular formula is C17H20N4O10. The summed E-state index contributed by atoms with van der Waals surface area (Å²) in [4.78, 5) is 67.6. The quantitative estimate of drug-likeness (QED) is 0.134. The molecule has 0 aliphatic carbocycles. The Morgan fingerprint density at radius 3 is 2.29 bits per heavy atom. The number of non-ortho nitro benzene ring substituents is 1. The van der Waals surface area contributed by atoms with Crippen LogP contribution in [0.5, 0.6) is 5.75 Å². The summed E-state index contributed by atoms with van der Waals surface area (Å²) in [6.45, 7) is -0.179. The molecule has 0 aromatic heterocycles. The first-order valence-corrected chi connectivity index (χ1v) is 8.63. The first-order valence-electron chi connectivity index (χ1n) is 8.63. The number of hydrogen-bond donors (Lipinski definition) is 4. The Labute approximate surface area is 174 Å². The maximum absolute atomic E-state index is 12.3. The molecule has 0 saturated heterocycles. The van der Waals surface area contributed by atoms with E-state index in [9.17, 15) is 34.1 Å². The second-order valence-electron chi connectivity index (χ2n) is 6.01. The van der Waals surface area contributed by atoms with E-state index in [0.717, 1.165) is 19.1 Å². The molecule has 0 aliphatic rings. The number of esters is 2. The average molecular weight is 440 g/mol. The van der Waals surface area contributed by atoms with Gasteiger partial charge in [0.2, 0.25) is 11.8 Å². The van der Waals surface area contributed by atoms with Gasteiger partial charge in [0.15, 0.2) is 0 Å². The summed E-state index contributed by atoms with van der Waals surface area (Å²) >= 11 is 0. The van der Waals surface area contributed by atoms with Crippen molar-refractivity contribution in [3.8, 4) is 5.75 Å². The number of amides is 2. The second kappa shape index (κ2) is 11.8. The lowest BCUT2D eigenvalue weighted by Crippen LogP contribution is -2.54. The molecule has 2 amide bonds. The molecule has 1 aromatic carbocycles. The van der Waals surface area contributed by atoms with Crippen LogP contribution in [0.2, 0.25) is 0 Å². The number of carboxylic acid groups (broad SMARTS) is 1. The number of hydrogen-bond acceptors (Lipinski definition) is 10. The minimum absolute atomic E-state index is 0.00532. The number of rotatable bonds is 11. The molecule has 0 saturated carbocycles. The zero-order valence-corrected chi connectivity index (χ0v) is 16.2. The van der Waals surface area contributed by atoms with Gasteiger partial charge in [0, 0.05) is 19.1 Å². The molecule has 5 N–H and O–H groups in total. The molecule has 14 nitrogen and oxygen atoms in total. The van der Waals surface area contributed by atoms with Crippen molar-refractivity contribution in [2.75, 3.05) is 13.2 Å². The van der Waals surface area contributed by atoms with Gasteiger partial charge < -0.3 is 30.9 Å². The molecule has 168 valence electrons. The van der Waals surface area contributed by atoms with Gasteiger partial charge in [0.05, 0.1) is 17.4 Å². The molecule has 2 atom stereocenters. The fraction of sp³-hybridized carbons (Fsp3) is 0.353. The molecule has 1 rings (SSSR count). The largest absolute Gasteiger partial charge is 0.481 e. The van der Waals surface area contributed by atoms with E-state index < -0.39 is 66.3 Å². The van der Waals surface area contributed by atoms with E-state index in [2.05, 4.69) is 15.4 Å². The van der Waals surface area contributed by atoms with E-state index in [1.54, 1.807) is 0 Å². The summed E-state index contributed by atoms with van der Waals surface area (Å²) in [5.74, 6) is -4.94. The van der Waals surface area contributed by atoms with Crippen molar-refractivity contribution in [3.63, 3.8) is 0 Å². The van der Waals surface area contributed by atoms with Gasteiger partial charge in [-0.3, -0.25) is 29.3 Å². The molecule has 0 spiro atoms. The van der Waals surface area contributed by atoms with Crippen molar-refractivity contribution in [2.45, 2.75) is 25.4 Å². The van der Waals surface area contributed by atoms with Crippen LogP contribution in [0.4, 0.5) is 5.69 Å². The summed E-state index contributed by atoms with van der Waals surface area (Å²) < 4.78 is 9.58. The summed E-state index contributed by atoms with van der Waals surface area (Å²) in [5, 5.41) is 23.6. The minimum atomic E-state index is -1.46. The summed E-state index contributed by atoms with van der Waals surface area (Å²) in [7, 11) is 0. The molecule has 0 radical (unpaired) electrons. The van der Waals surface area contributed by atoms with Crippen LogP contribution in [-0.4, -0.2) is 65.0 Å². The lowest BCUT2D eigenvalue weighted by atomic mass is 10.2. The van der Waals surface area contributed by atoms with E-state index in [-0.39, 0.29) is 11.4 Å². The zero-order valence-electron chi connectivity index (χ0n) is 16.2. The molecule has 31 heavy (non-hydrogen) atoms. The summed E-state index contributed by atoms with van der Waals surface area (Å²) in [6.07, 6.45) is -0.699. The van der Waals surface area contributed by atoms with E-state index in [1.165, 1.54) is 12.1 Å². The lowest BCUT2D eigenvalue weighted by molar-refractivity contribution is -0.384. The van der Waals surface area contributed by atoms with E-state index in [1.807, 2.05) is 0 Å². The van der Waals surface area contributed by atoms with Crippen LogP contribution < -0.4 is 21.1 Å². The number of ether oxygens (including phenoxy) is 2. The Balaban J connectivity index is 2.66. The number of nitro benzene ring substituents is 1. The van der Waals surface area contributed by atoms with Crippen molar-refractivity contribution in [2.24, 2.45) is 5.73 Å². The topological polar surface area (TPSA) is 217 Å². The minimum Gasteiger partial charge on any atom is -0.481 e. The smallest absolute Gasteiger partial charge is 0.330 e. The average Bonchev–Trinajstić information content (AvgIpc) is 2.68. The first-order chi connectivity index (χ1) is 14.5. The lowest BCUT2D eigenvalue weighted by Gasteiger charge is -2.19. The molecule has 14 heteroatoms. The highest BCUT2D eigenvalue weighted by Gasteiger charge is 2.26. The van der Waals surface area contributed by atoms with Crippen LogP contribution >= 0.6 is 0 Å². The van der Waals surface area contributed by atoms with Gasteiger partial charge >= 0.3 is 17.9 Å². The number of aliphatic carboxylic acids is 1. The summed E-state index contributed by atoms with van der Waals surface area (Å²) in [6, 6.07) is 1.69. The number of carboxylic acids is 1. The predicted octanol–water partition coefficient (Wildman–Crippen LogP) is -1.53. The first kappa shape index (κ1) is 25.0. The normalized spacial score (nSPS) is 12.1. The standard InChI is InChI=1S/C17H20N4O10/c1-9(22)30-8-13(20-16(26)12(18)6-14(23)24)17(27)19-7-15(25)31-11-4-2-10(3-5-11)21(28)29/h2-5,12-13H,6-8,18H2,1H3,(H,19,27)(H,20,26)(H,23,24). The molecule has 0 aliphatic heterocycles. The number of benzene rings is 1. The van der Waals surface area contributed by atoms with Crippen molar-refractivity contribution < 1.29 is 43.5 Å². The van der Waals surface area contributed by atoms with E-state index in [4.69, 9.17) is 15.6 Å². The van der Waals surface area contributed by atoms with Crippen LogP contribution in [0.3, 0.4) is 0 Å². The van der Waals surface area contributed by atoms with Gasteiger partial charge in [0.25, 0.3) is 5.69 Å². The number of carbonyl (C=O) groups is 5. The van der Waals surface area contributed by atoms with Crippen LogP contribution in [0.25, 0.3) is 0 Å². The van der Waals surface area contributed by atoms with Crippen LogP contribution in [0, 0.1) is 10.1 Å². The van der Waals surface area contributed by atoms with Gasteiger partial charge in [-0.1, -0.05) is 0 Å². The van der Waals surface area contributed by atoms with Crippen LogP contribution in [0.15, 0.2) is 24.3 Å². The number of carbonyl (C=O) groups excluding carboxylic acids is 4. The molecule has 1 aromatic rings. The van der Waals surface area contributed by atoms with Gasteiger partial charge in [-0.15, -0.1) is 0 Å². The van der Waals surface area contributed by atoms with Crippen molar-refractivity contribution >= 4 is 35.4 Å². The fourth-order valence-corrected chi connectivity index (χ4v) is 2.03. The molecule has 2 unspecified atom stereocenters. The molecular weight excluding hydrogens is 420 g/mol. The third-order valence-electron chi connectivity index (χ3n) is 3.50. The van der Waals surface area contributed by atoms with Gasteiger partial charge in [-0.25, -0.2) is 4.79 Å². The number of nitro groups is 1. The number of nitrogens with one attached hydrogen (secondary N) is 2. The van der Waals surface area contributed by atoms with Crippen LogP contribution in [-0.2, 0) is 28.7 Å². The van der Waals surface area contributed by atoms with Gasteiger partial charge in [-0.05, 0) is 12.1 Å². The maximum Gasteiger partial charge on any atom is 0.330 e. The fourth-order valence-electron chi connectivity index (χ4n) is 2.03. The van der Waals surface area contributed by atoms with Crippen molar-refractivity contribution in [3.05, 3.63) is 34.4 Å². The third kappa shape index (κ3) is 9.31. The molecule has 0 heterocycles. The number of nitrogens with two attached hydrogens (primary N) is 1. The summed E-state index contributed by atoms with van der Waals surface area (Å²) in [5.41, 5.74) is 5.20. The molecule has 0 bridgehead atoms. The van der Waals surface area contributed by atoms with E-state index >= 15 is 0 Å². The number of nitrogens with zero attached hydrogens (tertiary/aromatic N) is 1. The predicted molar refractivity (Wildman–Crippen MR) is 101 cm³/mol. The van der Waals surface area contributed by atoms with Crippen LogP contribution in [0.1, 0.15) is 13.3 Å². The van der Waals surface area contributed by atoms with Gasteiger partial charge in [-0.2, -0.15) is 0 Å². The van der Waals surface area contributed by atoms with Crippen molar-refractivity contribution in [1.29, 1.82) is 0 Å². The van der Waals surface area contributed by atoms with Gasteiger partial charge in [0.1, 0.15) is 24.9 Å². The van der Waals surface area contributed by atoms with Crippen molar-refractivity contribution in [1.82, 2.24) is 10.6 Å². The monoisotopic (exact) mass is 440 g/mol. The Morgan fingerprint density at radius 1 is 1.16 bits per heavy atom. The molecule has 0 fully saturated rings. The highest BCUT2D eigenvalue weighted by atomic mass is 16.6. The zero-order chi connectivity index (χ0) is 23.6. The highest BCUT2D eigenvalue weighted by Crippen LogP contribution is 2.17. The Kier molecular flexibility index (Phi) is 9.52. The Hall–Kier alpha value is -4.07.